The molecule has 33 heavy (non-hydrogen) atoms. The number of aromatic nitrogens is 3. The van der Waals surface area contributed by atoms with Crippen molar-refractivity contribution in [2.24, 2.45) is 0 Å². The molecule has 2 aromatic heterocycles. The van der Waals surface area contributed by atoms with Crippen LogP contribution in [-0.2, 0) is 0 Å². The normalized spacial score (nSPS) is 11.2. The molecule has 0 unspecified atom stereocenters. The van der Waals surface area contributed by atoms with Gasteiger partial charge in [-0.2, -0.15) is 5.10 Å². The van der Waals surface area contributed by atoms with E-state index in [0.717, 1.165) is 50.4 Å². The second-order valence-electron chi connectivity index (χ2n) is 7.96. The van der Waals surface area contributed by atoms with Crippen molar-refractivity contribution in [3.05, 3.63) is 121 Å². The minimum Gasteiger partial charge on any atom is -0.354 e. The first-order valence-electron chi connectivity index (χ1n) is 10.9. The smallest absolute Gasteiger partial charge is 0.123 e. The molecule has 0 saturated carbocycles. The van der Waals surface area contributed by atoms with Gasteiger partial charge in [0.15, 0.2) is 0 Å². The van der Waals surface area contributed by atoms with Crippen molar-refractivity contribution in [1.29, 1.82) is 0 Å². The van der Waals surface area contributed by atoms with Crippen molar-refractivity contribution >= 4 is 10.9 Å². The number of halogens is 1. The zero-order valence-electron chi connectivity index (χ0n) is 17.7. The molecule has 0 saturated heterocycles. The number of para-hydroxylation sites is 2. The van der Waals surface area contributed by atoms with Crippen LogP contribution in [-0.4, -0.2) is 14.8 Å². The van der Waals surface area contributed by atoms with Gasteiger partial charge in [-0.3, -0.25) is 0 Å². The summed E-state index contributed by atoms with van der Waals surface area (Å²) in [4.78, 5) is 3.62. The molecular formula is C29H20FN3. The lowest BCUT2D eigenvalue weighted by Crippen LogP contribution is -1.99. The van der Waals surface area contributed by atoms with E-state index in [0.29, 0.717) is 0 Å². The molecule has 0 radical (unpaired) electrons. The zero-order chi connectivity index (χ0) is 22.2. The first-order valence-corrected chi connectivity index (χ1v) is 10.9. The number of aromatic amines is 1. The van der Waals surface area contributed by atoms with Gasteiger partial charge in [-0.05, 0) is 54.1 Å². The Balaban J connectivity index is 1.66. The highest BCUT2D eigenvalue weighted by Crippen LogP contribution is 2.40. The largest absolute Gasteiger partial charge is 0.354 e. The molecule has 2 heterocycles. The molecule has 4 heteroatoms. The highest BCUT2D eigenvalue weighted by atomic mass is 19.1. The number of nitrogens with zero attached hydrogens (tertiary/aromatic N) is 2. The molecule has 0 amide bonds. The lowest BCUT2D eigenvalue weighted by atomic mass is 10.0. The van der Waals surface area contributed by atoms with Gasteiger partial charge < -0.3 is 4.98 Å². The minimum atomic E-state index is -0.260. The second-order valence-corrected chi connectivity index (χ2v) is 7.96. The summed E-state index contributed by atoms with van der Waals surface area (Å²) in [7, 11) is 0. The summed E-state index contributed by atoms with van der Waals surface area (Å²) in [5, 5.41) is 6.08. The number of H-pyrrole nitrogens is 1. The highest BCUT2D eigenvalue weighted by molar-refractivity contribution is 6.03. The van der Waals surface area contributed by atoms with Gasteiger partial charge in [-0.25, -0.2) is 9.07 Å². The van der Waals surface area contributed by atoms with E-state index in [1.807, 2.05) is 59.3 Å². The van der Waals surface area contributed by atoms with Crippen molar-refractivity contribution in [3.8, 4) is 39.5 Å². The fourth-order valence-corrected chi connectivity index (χ4v) is 4.32. The van der Waals surface area contributed by atoms with Crippen LogP contribution in [0.25, 0.3) is 50.4 Å². The maximum Gasteiger partial charge on any atom is 0.123 e. The molecule has 0 fully saturated rings. The lowest BCUT2D eigenvalue weighted by Gasteiger charge is -2.09. The van der Waals surface area contributed by atoms with Crippen LogP contribution in [0.2, 0.25) is 0 Å². The zero-order valence-corrected chi connectivity index (χ0v) is 17.7. The van der Waals surface area contributed by atoms with Crippen LogP contribution < -0.4 is 0 Å². The Kier molecular flexibility index (Phi) is 4.62. The number of nitrogens with one attached hydrogen (secondary N) is 1. The Morgan fingerprint density at radius 3 is 2.09 bits per heavy atom. The lowest BCUT2D eigenvalue weighted by molar-refractivity contribution is 0.628. The third-order valence-electron chi connectivity index (χ3n) is 5.87. The SMILES string of the molecule is Fc1ccc(-c2cc(-c3c(-c4ccccc4)[nH]c4ccccc34)n(-c3ccccc3)n2)cc1. The molecule has 6 rings (SSSR count). The number of hydrogen-bond acceptors (Lipinski definition) is 1. The van der Waals surface area contributed by atoms with Gasteiger partial charge in [-0.15, -0.1) is 0 Å². The predicted octanol–water partition coefficient (Wildman–Crippen LogP) is 7.49. The van der Waals surface area contributed by atoms with Crippen LogP contribution in [0, 0.1) is 5.82 Å². The summed E-state index contributed by atoms with van der Waals surface area (Å²) in [5.74, 6) is -0.260. The molecule has 0 atom stereocenters. The molecule has 0 bridgehead atoms. The van der Waals surface area contributed by atoms with Crippen molar-refractivity contribution in [2.45, 2.75) is 0 Å². The Morgan fingerprint density at radius 1 is 0.667 bits per heavy atom. The van der Waals surface area contributed by atoms with Gasteiger partial charge in [0, 0.05) is 22.0 Å². The summed E-state index contributed by atoms with van der Waals surface area (Å²) in [5.41, 5.74) is 7.89. The Hall–Kier alpha value is -4.44. The average molecular weight is 429 g/mol. The molecule has 158 valence electrons. The Morgan fingerprint density at radius 2 is 1.33 bits per heavy atom. The fourth-order valence-electron chi connectivity index (χ4n) is 4.32. The number of rotatable bonds is 4. The molecule has 1 N–H and O–H groups in total. The number of hydrogen-bond donors (Lipinski definition) is 1. The van der Waals surface area contributed by atoms with Gasteiger partial charge in [0.05, 0.1) is 22.8 Å². The van der Waals surface area contributed by atoms with Gasteiger partial charge in [0.1, 0.15) is 5.82 Å². The van der Waals surface area contributed by atoms with Crippen molar-refractivity contribution in [1.82, 2.24) is 14.8 Å². The van der Waals surface area contributed by atoms with Gasteiger partial charge in [0.25, 0.3) is 0 Å². The first-order chi connectivity index (χ1) is 16.3. The minimum absolute atomic E-state index is 0.260. The van der Waals surface area contributed by atoms with E-state index in [9.17, 15) is 4.39 Å². The Bertz CT molecular complexity index is 1550. The van der Waals surface area contributed by atoms with Crippen LogP contribution in [0.1, 0.15) is 0 Å². The monoisotopic (exact) mass is 429 g/mol. The molecule has 0 aliphatic rings. The van der Waals surface area contributed by atoms with Crippen LogP contribution >= 0.6 is 0 Å². The summed E-state index contributed by atoms with van der Waals surface area (Å²) in [6.07, 6.45) is 0. The highest BCUT2D eigenvalue weighted by Gasteiger charge is 2.21. The summed E-state index contributed by atoms with van der Waals surface area (Å²) in [6, 6.07) is 37.3. The van der Waals surface area contributed by atoms with Crippen molar-refractivity contribution in [3.63, 3.8) is 0 Å². The van der Waals surface area contributed by atoms with Gasteiger partial charge >= 0.3 is 0 Å². The summed E-state index contributed by atoms with van der Waals surface area (Å²) in [6.45, 7) is 0. The van der Waals surface area contributed by atoms with E-state index >= 15 is 0 Å². The van der Waals surface area contributed by atoms with Gasteiger partial charge in [0.2, 0.25) is 0 Å². The van der Waals surface area contributed by atoms with E-state index < -0.39 is 0 Å². The van der Waals surface area contributed by atoms with E-state index in [2.05, 4.69) is 41.4 Å². The van der Waals surface area contributed by atoms with Crippen molar-refractivity contribution < 1.29 is 4.39 Å². The van der Waals surface area contributed by atoms with E-state index in [4.69, 9.17) is 5.10 Å². The molecule has 6 aromatic rings. The molecular weight excluding hydrogens is 409 g/mol. The molecule has 0 aliphatic heterocycles. The van der Waals surface area contributed by atoms with E-state index in [-0.39, 0.29) is 5.82 Å². The quantitative estimate of drug-likeness (QED) is 0.309. The number of benzene rings is 4. The van der Waals surface area contributed by atoms with E-state index in [1.165, 1.54) is 12.1 Å². The standard InChI is InChI=1S/C29H20FN3/c30-22-17-15-20(16-18-22)26-19-27(33(32-26)23-11-5-2-6-12-23)28-24-13-7-8-14-25(24)31-29(28)21-9-3-1-4-10-21/h1-19,31H. The fraction of sp³-hybridized carbons (Fsp3) is 0. The van der Waals surface area contributed by atoms with Crippen molar-refractivity contribution in [2.75, 3.05) is 0 Å². The van der Waals surface area contributed by atoms with Crippen LogP contribution in [0.4, 0.5) is 4.39 Å². The maximum absolute atomic E-state index is 13.6. The van der Waals surface area contributed by atoms with Crippen LogP contribution in [0.15, 0.2) is 115 Å². The molecule has 4 aromatic carbocycles. The van der Waals surface area contributed by atoms with Gasteiger partial charge in [-0.1, -0.05) is 66.7 Å². The maximum atomic E-state index is 13.6. The van der Waals surface area contributed by atoms with Crippen LogP contribution in [0.3, 0.4) is 0 Å². The molecule has 0 spiro atoms. The Labute approximate surface area is 190 Å². The second kappa shape index (κ2) is 7.92. The average Bonchev–Trinajstić information content (AvgIpc) is 3.47. The predicted molar refractivity (Wildman–Crippen MR) is 132 cm³/mol. The van der Waals surface area contributed by atoms with E-state index in [1.54, 1.807) is 12.1 Å². The molecule has 3 nitrogen and oxygen atoms in total. The van der Waals surface area contributed by atoms with Crippen LogP contribution in [0.5, 0.6) is 0 Å². The topological polar surface area (TPSA) is 33.6 Å². The summed E-state index contributed by atoms with van der Waals surface area (Å²) < 4.78 is 15.5. The molecule has 0 aliphatic carbocycles. The third-order valence-corrected chi connectivity index (χ3v) is 5.87. The summed E-state index contributed by atoms with van der Waals surface area (Å²) >= 11 is 0. The number of fused-ring (bicyclic) bond motifs is 1. The third kappa shape index (κ3) is 3.42. The first kappa shape index (κ1) is 19.3.